The van der Waals surface area contributed by atoms with Crippen LogP contribution >= 0.6 is 27.3 Å². The molecule has 2 aromatic carbocycles. The van der Waals surface area contributed by atoms with Gasteiger partial charge in [0, 0.05) is 15.6 Å². The molecule has 0 atom stereocenters. The number of rotatable bonds is 3. The highest BCUT2D eigenvalue weighted by molar-refractivity contribution is 9.10. The zero-order chi connectivity index (χ0) is 18.3. The summed E-state index contributed by atoms with van der Waals surface area (Å²) in [7, 11) is 1.58. The summed E-state index contributed by atoms with van der Waals surface area (Å²) in [6.07, 6.45) is 1.75. The first-order valence-corrected chi connectivity index (χ1v) is 9.17. The summed E-state index contributed by atoms with van der Waals surface area (Å²) in [5, 5.41) is 4.26. The maximum Gasteiger partial charge on any atom is 0.291 e. The van der Waals surface area contributed by atoms with E-state index in [4.69, 9.17) is 4.74 Å². The molecule has 0 fully saturated rings. The molecule has 0 saturated carbocycles. The Morgan fingerprint density at radius 3 is 2.69 bits per heavy atom. The van der Waals surface area contributed by atoms with E-state index in [9.17, 15) is 9.18 Å². The zero-order valence-corrected chi connectivity index (χ0v) is 15.8. The Bertz CT molecular complexity index is 1220. The summed E-state index contributed by atoms with van der Waals surface area (Å²) in [6, 6.07) is 11.4. The van der Waals surface area contributed by atoms with Crippen LogP contribution in [0.25, 0.3) is 22.4 Å². The molecule has 0 N–H and O–H groups in total. The third-order valence-electron chi connectivity index (χ3n) is 3.76. The number of hydrogen-bond acceptors (Lipinski definition) is 5. The van der Waals surface area contributed by atoms with Crippen LogP contribution in [-0.2, 0) is 0 Å². The molecule has 0 aliphatic heterocycles. The number of nitrogens with zero attached hydrogens (tertiary/aromatic N) is 3. The second kappa shape index (κ2) is 6.62. The molecule has 2 aromatic heterocycles. The number of aromatic nitrogens is 3. The van der Waals surface area contributed by atoms with Crippen LogP contribution in [0.1, 0.15) is 5.56 Å². The second-order valence-electron chi connectivity index (χ2n) is 5.44. The van der Waals surface area contributed by atoms with Crippen LogP contribution in [0, 0.1) is 5.82 Å². The predicted molar refractivity (Wildman–Crippen MR) is 102 cm³/mol. The highest BCUT2D eigenvalue weighted by atomic mass is 79.9. The van der Waals surface area contributed by atoms with Gasteiger partial charge in [-0.05, 0) is 48.5 Å². The van der Waals surface area contributed by atoms with Gasteiger partial charge in [0.15, 0.2) is 5.82 Å². The minimum absolute atomic E-state index is 0.257. The van der Waals surface area contributed by atoms with Crippen molar-refractivity contribution in [2.45, 2.75) is 0 Å². The van der Waals surface area contributed by atoms with Gasteiger partial charge in [0.1, 0.15) is 11.6 Å². The molecule has 0 aliphatic carbocycles. The maximum absolute atomic E-state index is 13.0. The van der Waals surface area contributed by atoms with Crippen LogP contribution in [-0.4, -0.2) is 21.7 Å². The van der Waals surface area contributed by atoms with E-state index in [2.05, 4.69) is 26.0 Å². The highest BCUT2D eigenvalue weighted by Crippen LogP contribution is 2.23. The van der Waals surface area contributed by atoms with Crippen LogP contribution in [0.3, 0.4) is 0 Å². The van der Waals surface area contributed by atoms with E-state index in [0.717, 1.165) is 10.0 Å². The standard InChI is InChI=1S/C18H11BrFN3O2S/c1-25-14-7-4-12(19)8-11(14)9-15-17(24)23-18(26-15)21-16(22-23)10-2-5-13(20)6-3-10/h2-9H,1H3. The van der Waals surface area contributed by atoms with Gasteiger partial charge in [-0.3, -0.25) is 4.79 Å². The summed E-state index contributed by atoms with van der Waals surface area (Å²) in [5.41, 5.74) is 1.18. The number of fused-ring (bicyclic) bond motifs is 1. The van der Waals surface area contributed by atoms with Crippen molar-refractivity contribution in [2.75, 3.05) is 7.11 Å². The fourth-order valence-corrected chi connectivity index (χ4v) is 3.79. The Morgan fingerprint density at radius 1 is 1.23 bits per heavy atom. The van der Waals surface area contributed by atoms with Crippen molar-refractivity contribution in [1.82, 2.24) is 14.6 Å². The van der Waals surface area contributed by atoms with E-state index >= 15 is 0 Å². The van der Waals surface area contributed by atoms with Crippen molar-refractivity contribution < 1.29 is 9.13 Å². The number of benzene rings is 2. The van der Waals surface area contributed by atoms with E-state index in [0.29, 0.717) is 26.6 Å². The lowest BCUT2D eigenvalue weighted by Gasteiger charge is -2.04. The van der Waals surface area contributed by atoms with Crippen molar-refractivity contribution in [1.29, 1.82) is 0 Å². The van der Waals surface area contributed by atoms with Gasteiger partial charge in [0.25, 0.3) is 5.56 Å². The van der Waals surface area contributed by atoms with Gasteiger partial charge in [0.05, 0.1) is 11.6 Å². The van der Waals surface area contributed by atoms with E-state index < -0.39 is 0 Å². The smallest absolute Gasteiger partial charge is 0.291 e. The SMILES string of the molecule is COc1ccc(Br)cc1C=c1sc2nc(-c3ccc(F)cc3)nn2c1=O. The normalized spacial score (nSPS) is 12.0. The highest BCUT2D eigenvalue weighted by Gasteiger charge is 2.12. The quantitative estimate of drug-likeness (QED) is 0.499. The summed E-state index contributed by atoms with van der Waals surface area (Å²) in [6.45, 7) is 0. The van der Waals surface area contributed by atoms with Crippen molar-refractivity contribution >= 4 is 38.3 Å². The van der Waals surface area contributed by atoms with Gasteiger partial charge in [0.2, 0.25) is 4.96 Å². The minimum atomic E-state index is -0.334. The predicted octanol–water partition coefficient (Wildman–Crippen LogP) is 3.28. The molecule has 26 heavy (non-hydrogen) atoms. The third-order valence-corrected chi connectivity index (χ3v) is 5.22. The molecule has 0 unspecified atom stereocenters. The molecule has 0 aliphatic rings. The van der Waals surface area contributed by atoms with E-state index in [1.165, 1.54) is 28.0 Å². The Labute approximate surface area is 159 Å². The van der Waals surface area contributed by atoms with Crippen LogP contribution in [0.5, 0.6) is 5.75 Å². The molecule has 0 amide bonds. The fourth-order valence-electron chi connectivity index (χ4n) is 2.51. The maximum atomic E-state index is 13.0. The molecule has 130 valence electrons. The number of halogens is 2. The van der Waals surface area contributed by atoms with Gasteiger partial charge in [-0.25, -0.2) is 4.39 Å². The number of hydrogen-bond donors (Lipinski definition) is 0. The summed E-state index contributed by atoms with van der Waals surface area (Å²) >= 11 is 4.66. The third kappa shape index (κ3) is 3.02. The van der Waals surface area contributed by atoms with Crippen molar-refractivity contribution in [3.63, 3.8) is 0 Å². The molecule has 5 nitrogen and oxygen atoms in total. The van der Waals surface area contributed by atoms with Crippen LogP contribution < -0.4 is 14.8 Å². The van der Waals surface area contributed by atoms with Crippen molar-refractivity contribution in [2.24, 2.45) is 0 Å². The minimum Gasteiger partial charge on any atom is -0.496 e. The van der Waals surface area contributed by atoms with Crippen LogP contribution in [0.2, 0.25) is 0 Å². The van der Waals surface area contributed by atoms with Gasteiger partial charge in [-0.2, -0.15) is 9.50 Å². The van der Waals surface area contributed by atoms with Gasteiger partial charge in [-0.15, -0.1) is 5.10 Å². The zero-order valence-electron chi connectivity index (χ0n) is 13.4. The van der Waals surface area contributed by atoms with Crippen LogP contribution in [0.4, 0.5) is 4.39 Å². The van der Waals surface area contributed by atoms with Crippen molar-refractivity contribution in [3.05, 3.63) is 73.2 Å². The summed E-state index contributed by atoms with van der Waals surface area (Å²) in [4.78, 5) is 17.5. The van der Waals surface area contributed by atoms with E-state index in [1.807, 2.05) is 18.2 Å². The topological polar surface area (TPSA) is 56.5 Å². The average Bonchev–Trinajstić information content (AvgIpc) is 3.16. The van der Waals surface area contributed by atoms with Crippen LogP contribution in [0.15, 0.2) is 51.7 Å². The molecular weight excluding hydrogens is 421 g/mol. The number of thiazole rings is 1. The van der Waals surface area contributed by atoms with Gasteiger partial charge in [-0.1, -0.05) is 27.3 Å². The Balaban J connectivity index is 1.83. The van der Waals surface area contributed by atoms with Gasteiger partial charge >= 0.3 is 0 Å². The first-order valence-electron chi connectivity index (χ1n) is 7.56. The largest absolute Gasteiger partial charge is 0.496 e. The van der Waals surface area contributed by atoms with Crippen molar-refractivity contribution in [3.8, 4) is 17.1 Å². The Kier molecular flexibility index (Phi) is 4.29. The fraction of sp³-hybridized carbons (Fsp3) is 0.0556. The average molecular weight is 432 g/mol. The summed E-state index contributed by atoms with van der Waals surface area (Å²) in [5.74, 6) is 0.720. The van der Waals surface area contributed by atoms with Gasteiger partial charge < -0.3 is 4.74 Å². The Morgan fingerprint density at radius 2 is 2.00 bits per heavy atom. The molecule has 2 heterocycles. The van der Waals surface area contributed by atoms with E-state index in [-0.39, 0.29) is 11.4 Å². The molecule has 0 bridgehead atoms. The molecule has 0 radical (unpaired) electrons. The molecule has 0 spiro atoms. The molecular formula is C18H11BrFN3O2S. The lowest BCUT2D eigenvalue weighted by molar-refractivity contribution is 0.414. The lowest BCUT2D eigenvalue weighted by atomic mass is 10.2. The first kappa shape index (κ1) is 16.9. The lowest BCUT2D eigenvalue weighted by Crippen LogP contribution is -2.23. The molecule has 0 saturated heterocycles. The number of ether oxygens (including phenoxy) is 1. The number of methoxy groups -OCH3 is 1. The van der Waals surface area contributed by atoms with E-state index in [1.54, 1.807) is 25.3 Å². The second-order valence-corrected chi connectivity index (χ2v) is 7.36. The summed E-state index contributed by atoms with van der Waals surface area (Å²) < 4.78 is 21.0. The Hall–Kier alpha value is -2.58. The first-order chi connectivity index (χ1) is 12.5. The molecule has 8 heteroatoms. The molecule has 4 rings (SSSR count). The molecule has 4 aromatic rings. The monoisotopic (exact) mass is 431 g/mol.